The number of likely N-dealkylation sites (tertiary alicyclic amines) is 1. The Morgan fingerprint density at radius 3 is 2.84 bits per heavy atom. The second-order valence-corrected chi connectivity index (χ2v) is 7.30. The van der Waals surface area contributed by atoms with E-state index >= 15 is 0 Å². The first-order chi connectivity index (χ1) is 12.1. The lowest BCUT2D eigenvalue weighted by molar-refractivity contribution is -0.128. The van der Waals surface area contributed by atoms with Crippen LogP contribution in [0.3, 0.4) is 0 Å². The van der Waals surface area contributed by atoms with Crippen molar-refractivity contribution in [2.75, 3.05) is 13.1 Å². The first kappa shape index (κ1) is 15.9. The van der Waals surface area contributed by atoms with Crippen molar-refractivity contribution in [3.8, 4) is 11.3 Å². The lowest BCUT2D eigenvalue weighted by atomic mass is 10.0. The van der Waals surface area contributed by atoms with Gasteiger partial charge in [0.05, 0.1) is 11.9 Å². The normalized spacial score (nSPS) is 17.8. The minimum absolute atomic E-state index is 0.162. The highest BCUT2D eigenvalue weighted by molar-refractivity contribution is 5.95. The van der Waals surface area contributed by atoms with E-state index < -0.39 is 0 Å². The van der Waals surface area contributed by atoms with Crippen molar-refractivity contribution in [2.45, 2.75) is 26.2 Å². The van der Waals surface area contributed by atoms with E-state index in [-0.39, 0.29) is 11.8 Å². The first-order valence-corrected chi connectivity index (χ1v) is 8.92. The van der Waals surface area contributed by atoms with E-state index in [0.717, 1.165) is 30.2 Å². The number of nitrogens with zero attached hydrogens (tertiary/aromatic N) is 2. The molecule has 1 amide bonds. The smallest absolute Gasteiger partial charge is 0.223 e. The SMILES string of the molecule is CC(C)CN1C[C@H](c2ncc(-c3cccc4ccccc34)[nH]2)CC1=O. The van der Waals surface area contributed by atoms with Gasteiger partial charge in [-0.2, -0.15) is 0 Å². The van der Waals surface area contributed by atoms with Gasteiger partial charge >= 0.3 is 0 Å². The van der Waals surface area contributed by atoms with Gasteiger partial charge in [0.15, 0.2) is 0 Å². The van der Waals surface area contributed by atoms with Gasteiger partial charge in [-0.05, 0) is 16.7 Å². The van der Waals surface area contributed by atoms with Crippen molar-refractivity contribution in [1.29, 1.82) is 0 Å². The third-order valence-corrected chi connectivity index (χ3v) is 4.86. The number of hydrogen-bond donors (Lipinski definition) is 1. The number of imidazole rings is 1. The zero-order chi connectivity index (χ0) is 17.4. The van der Waals surface area contributed by atoms with Crippen molar-refractivity contribution in [3.63, 3.8) is 0 Å². The van der Waals surface area contributed by atoms with Crippen LogP contribution in [0.15, 0.2) is 48.7 Å². The summed E-state index contributed by atoms with van der Waals surface area (Å²) in [6.07, 6.45) is 2.45. The van der Waals surface area contributed by atoms with E-state index in [1.54, 1.807) is 0 Å². The predicted molar refractivity (Wildman–Crippen MR) is 100 cm³/mol. The molecule has 1 saturated heterocycles. The van der Waals surface area contributed by atoms with Crippen LogP contribution in [0.5, 0.6) is 0 Å². The van der Waals surface area contributed by atoms with E-state index in [2.05, 4.69) is 66.3 Å². The number of rotatable bonds is 4. The van der Waals surface area contributed by atoms with Crippen LogP contribution in [0.4, 0.5) is 0 Å². The van der Waals surface area contributed by atoms with Crippen molar-refractivity contribution < 1.29 is 4.79 Å². The number of aromatic amines is 1. The Balaban J connectivity index is 1.62. The number of hydrogen-bond acceptors (Lipinski definition) is 2. The van der Waals surface area contributed by atoms with Crippen LogP contribution in [-0.4, -0.2) is 33.9 Å². The van der Waals surface area contributed by atoms with Gasteiger partial charge in [-0.3, -0.25) is 4.79 Å². The summed E-state index contributed by atoms with van der Waals surface area (Å²) < 4.78 is 0. The van der Waals surface area contributed by atoms with Gasteiger partial charge in [0.2, 0.25) is 5.91 Å². The Morgan fingerprint density at radius 2 is 2.00 bits per heavy atom. The fraction of sp³-hybridized carbons (Fsp3) is 0.333. The average Bonchev–Trinajstić information content (AvgIpc) is 3.21. The molecule has 1 aliphatic heterocycles. The van der Waals surface area contributed by atoms with Crippen LogP contribution in [0.1, 0.15) is 32.0 Å². The molecule has 0 unspecified atom stereocenters. The summed E-state index contributed by atoms with van der Waals surface area (Å²) >= 11 is 0. The molecule has 1 aliphatic rings. The maximum absolute atomic E-state index is 12.2. The number of H-pyrrole nitrogens is 1. The standard InChI is InChI=1S/C21H23N3O/c1-14(2)12-24-13-16(10-20(24)25)21-22-11-19(23-21)18-9-5-7-15-6-3-4-8-17(15)18/h3-9,11,14,16H,10,12-13H2,1-2H3,(H,22,23)/t16-/m1/s1. The molecule has 128 valence electrons. The summed E-state index contributed by atoms with van der Waals surface area (Å²) in [6.45, 7) is 5.88. The molecule has 4 rings (SSSR count). The van der Waals surface area contributed by atoms with Crippen molar-refractivity contribution in [2.24, 2.45) is 5.92 Å². The van der Waals surface area contributed by atoms with Gasteiger partial charge in [-0.15, -0.1) is 0 Å². The topological polar surface area (TPSA) is 49.0 Å². The van der Waals surface area contributed by atoms with Crippen LogP contribution in [-0.2, 0) is 4.79 Å². The molecule has 0 radical (unpaired) electrons. The van der Waals surface area contributed by atoms with Gasteiger partial charge in [-0.25, -0.2) is 4.98 Å². The zero-order valence-corrected chi connectivity index (χ0v) is 14.7. The van der Waals surface area contributed by atoms with Gasteiger partial charge in [0.1, 0.15) is 5.82 Å². The van der Waals surface area contributed by atoms with Gasteiger partial charge in [0.25, 0.3) is 0 Å². The first-order valence-electron chi connectivity index (χ1n) is 8.92. The summed E-state index contributed by atoms with van der Waals surface area (Å²) in [5, 5.41) is 2.43. The predicted octanol–water partition coefficient (Wildman–Crippen LogP) is 4.20. The highest BCUT2D eigenvalue weighted by Crippen LogP contribution is 2.31. The minimum Gasteiger partial charge on any atom is -0.342 e. The molecule has 0 saturated carbocycles. The summed E-state index contributed by atoms with van der Waals surface area (Å²) in [7, 11) is 0. The number of fused-ring (bicyclic) bond motifs is 1. The molecule has 0 bridgehead atoms. The second kappa shape index (κ2) is 6.36. The van der Waals surface area contributed by atoms with Crippen LogP contribution < -0.4 is 0 Å². The van der Waals surface area contributed by atoms with E-state index in [9.17, 15) is 4.79 Å². The number of nitrogens with one attached hydrogen (secondary N) is 1. The fourth-order valence-electron chi connectivity index (χ4n) is 3.71. The molecule has 4 nitrogen and oxygen atoms in total. The molecular formula is C21H23N3O. The lowest BCUT2D eigenvalue weighted by Crippen LogP contribution is -2.29. The third-order valence-electron chi connectivity index (χ3n) is 4.86. The fourth-order valence-corrected chi connectivity index (χ4v) is 3.71. The molecule has 1 aromatic heterocycles. The van der Waals surface area contributed by atoms with E-state index in [4.69, 9.17) is 0 Å². The largest absolute Gasteiger partial charge is 0.342 e. The maximum Gasteiger partial charge on any atom is 0.223 e. The maximum atomic E-state index is 12.2. The lowest BCUT2D eigenvalue weighted by Gasteiger charge is -2.18. The van der Waals surface area contributed by atoms with Crippen molar-refractivity contribution in [3.05, 3.63) is 54.5 Å². The van der Waals surface area contributed by atoms with Crippen LogP contribution in [0, 0.1) is 5.92 Å². The van der Waals surface area contributed by atoms with Crippen LogP contribution in [0.2, 0.25) is 0 Å². The molecular weight excluding hydrogens is 310 g/mol. The van der Waals surface area contributed by atoms with E-state index in [0.29, 0.717) is 12.3 Å². The van der Waals surface area contributed by atoms with Crippen LogP contribution in [0.25, 0.3) is 22.0 Å². The third kappa shape index (κ3) is 3.04. The van der Waals surface area contributed by atoms with E-state index in [1.165, 1.54) is 10.8 Å². The molecule has 4 heteroatoms. The molecule has 2 aromatic carbocycles. The van der Waals surface area contributed by atoms with Crippen molar-refractivity contribution in [1.82, 2.24) is 14.9 Å². The summed E-state index contributed by atoms with van der Waals surface area (Å²) in [6, 6.07) is 14.7. The van der Waals surface area contributed by atoms with Crippen LogP contribution >= 0.6 is 0 Å². The second-order valence-electron chi connectivity index (χ2n) is 7.30. The Morgan fingerprint density at radius 1 is 1.20 bits per heavy atom. The monoisotopic (exact) mass is 333 g/mol. The number of carbonyl (C=O) groups is 1. The Labute approximate surface area is 147 Å². The van der Waals surface area contributed by atoms with Gasteiger partial charge in [0, 0.05) is 31.0 Å². The number of aromatic nitrogens is 2. The number of benzene rings is 2. The molecule has 1 N–H and O–H groups in total. The van der Waals surface area contributed by atoms with E-state index in [1.807, 2.05) is 11.1 Å². The van der Waals surface area contributed by atoms with Gasteiger partial charge < -0.3 is 9.88 Å². The Kier molecular flexibility index (Phi) is 4.04. The number of amides is 1. The Hall–Kier alpha value is -2.62. The highest BCUT2D eigenvalue weighted by atomic mass is 16.2. The molecule has 0 aliphatic carbocycles. The molecule has 3 aromatic rings. The molecule has 0 spiro atoms. The minimum atomic E-state index is 0.162. The molecule has 2 heterocycles. The summed E-state index contributed by atoms with van der Waals surface area (Å²) in [5.41, 5.74) is 2.17. The zero-order valence-electron chi connectivity index (χ0n) is 14.7. The Bertz CT molecular complexity index is 907. The molecule has 25 heavy (non-hydrogen) atoms. The summed E-state index contributed by atoms with van der Waals surface area (Å²) in [5.74, 6) is 1.81. The molecule has 1 fully saturated rings. The van der Waals surface area contributed by atoms with Crippen molar-refractivity contribution >= 4 is 16.7 Å². The summed E-state index contributed by atoms with van der Waals surface area (Å²) in [4.78, 5) is 22.3. The average molecular weight is 333 g/mol. The number of carbonyl (C=O) groups excluding carboxylic acids is 1. The quantitative estimate of drug-likeness (QED) is 0.778. The van der Waals surface area contributed by atoms with Gasteiger partial charge in [-0.1, -0.05) is 56.3 Å². The highest BCUT2D eigenvalue weighted by Gasteiger charge is 2.32. The molecule has 1 atom stereocenters.